The minimum Gasteiger partial charge on any atom is -0.491 e. The number of carbonyl (C=O) groups excluding carboxylic acids is 1. The number of nitrogens with one attached hydrogen (secondary N) is 1. The number of benzene rings is 1. The molecule has 4 heteroatoms. The average molecular weight is 292 g/mol. The summed E-state index contributed by atoms with van der Waals surface area (Å²) in [6.45, 7) is 6.70. The largest absolute Gasteiger partial charge is 0.491 e. The van der Waals surface area contributed by atoms with E-state index in [1.54, 1.807) is 0 Å². The number of hydrogen-bond donors (Lipinski definition) is 2. The van der Waals surface area contributed by atoms with Crippen LogP contribution in [0.15, 0.2) is 18.2 Å². The summed E-state index contributed by atoms with van der Waals surface area (Å²) in [5.41, 5.74) is 7.32. The second-order valence-corrected chi connectivity index (χ2v) is 5.64. The molecule has 0 atom stereocenters. The number of rotatable bonds is 9. The van der Waals surface area contributed by atoms with Gasteiger partial charge in [-0.05, 0) is 63.9 Å². The molecule has 0 saturated heterocycles. The number of anilines is 1. The maximum absolute atomic E-state index is 11.9. The first-order chi connectivity index (χ1) is 10.0. The molecule has 1 aromatic carbocycles. The Morgan fingerprint density at radius 1 is 1.24 bits per heavy atom. The van der Waals surface area contributed by atoms with Crippen molar-refractivity contribution in [2.45, 2.75) is 59.0 Å². The van der Waals surface area contributed by atoms with Gasteiger partial charge in [0.1, 0.15) is 5.75 Å². The van der Waals surface area contributed by atoms with Gasteiger partial charge >= 0.3 is 0 Å². The zero-order valence-corrected chi connectivity index (χ0v) is 13.4. The Balaban J connectivity index is 2.41. The number of nitrogens with two attached hydrogens (primary N) is 1. The monoisotopic (exact) mass is 292 g/mol. The zero-order chi connectivity index (χ0) is 15.7. The van der Waals surface area contributed by atoms with Crippen molar-refractivity contribution in [3.8, 4) is 5.75 Å². The van der Waals surface area contributed by atoms with Crippen molar-refractivity contribution in [1.82, 2.24) is 0 Å². The first-order valence-corrected chi connectivity index (χ1v) is 7.80. The van der Waals surface area contributed by atoms with Crippen LogP contribution < -0.4 is 15.8 Å². The van der Waals surface area contributed by atoms with Crippen LogP contribution in [0.2, 0.25) is 0 Å². The fourth-order valence-electron chi connectivity index (χ4n) is 2.12. The van der Waals surface area contributed by atoms with E-state index in [9.17, 15) is 4.79 Å². The van der Waals surface area contributed by atoms with Gasteiger partial charge < -0.3 is 15.8 Å². The molecule has 0 aliphatic heterocycles. The van der Waals surface area contributed by atoms with Gasteiger partial charge in [0.15, 0.2) is 0 Å². The highest BCUT2D eigenvalue weighted by atomic mass is 16.5. The van der Waals surface area contributed by atoms with Crippen LogP contribution in [0, 0.1) is 6.92 Å². The van der Waals surface area contributed by atoms with Gasteiger partial charge in [-0.25, -0.2) is 0 Å². The van der Waals surface area contributed by atoms with Crippen LogP contribution in [0.4, 0.5) is 5.69 Å². The molecule has 0 bridgehead atoms. The second kappa shape index (κ2) is 9.40. The average Bonchev–Trinajstić information content (AvgIpc) is 2.41. The second-order valence-electron chi connectivity index (χ2n) is 5.64. The molecule has 118 valence electrons. The fraction of sp³-hybridized carbons (Fsp3) is 0.588. The summed E-state index contributed by atoms with van der Waals surface area (Å²) in [6.07, 6.45) is 4.83. The number of aryl methyl sites for hydroxylation is 1. The Kier molecular flexibility index (Phi) is 7.83. The van der Waals surface area contributed by atoms with Crippen molar-refractivity contribution in [3.05, 3.63) is 23.8 Å². The van der Waals surface area contributed by atoms with Crippen LogP contribution in [-0.4, -0.2) is 18.6 Å². The van der Waals surface area contributed by atoms with E-state index in [1.807, 2.05) is 39.0 Å². The summed E-state index contributed by atoms with van der Waals surface area (Å²) < 4.78 is 5.63. The third-order valence-corrected chi connectivity index (χ3v) is 3.20. The number of amides is 1. The molecule has 0 unspecified atom stereocenters. The van der Waals surface area contributed by atoms with Gasteiger partial charge in [0, 0.05) is 12.1 Å². The first kappa shape index (κ1) is 17.5. The number of unbranched alkanes of at least 4 members (excludes halogenated alkanes) is 3. The predicted octanol–water partition coefficient (Wildman–Crippen LogP) is 3.63. The van der Waals surface area contributed by atoms with E-state index in [0.717, 1.165) is 49.2 Å². The summed E-state index contributed by atoms with van der Waals surface area (Å²) in [7, 11) is 0. The van der Waals surface area contributed by atoms with Gasteiger partial charge in [0.2, 0.25) is 5.91 Å². The minimum atomic E-state index is 0.0726. The summed E-state index contributed by atoms with van der Waals surface area (Å²) >= 11 is 0. The normalized spacial score (nSPS) is 10.7. The lowest BCUT2D eigenvalue weighted by Crippen LogP contribution is -2.12. The molecule has 0 fully saturated rings. The molecule has 0 aliphatic rings. The van der Waals surface area contributed by atoms with Crippen LogP contribution in [0.5, 0.6) is 5.75 Å². The molecule has 1 rings (SSSR count). The predicted molar refractivity (Wildman–Crippen MR) is 87.7 cm³/mol. The SMILES string of the molecule is Cc1cc(OC(C)C)ccc1NC(=O)CCCCCCN. The molecular formula is C17H28N2O2. The molecule has 3 N–H and O–H groups in total. The Hall–Kier alpha value is -1.55. The molecule has 21 heavy (non-hydrogen) atoms. The summed E-state index contributed by atoms with van der Waals surface area (Å²) in [5, 5.41) is 2.96. The van der Waals surface area contributed by atoms with E-state index in [4.69, 9.17) is 10.5 Å². The number of hydrogen-bond acceptors (Lipinski definition) is 3. The summed E-state index contributed by atoms with van der Waals surface area (Å²) in [5.74, 6) is 0.908. The van der Waals surface area contributed by atoms with Crippen LogP contribution in [0.1, 0.15) is 51.5 Å². The standard InChI is InChI=1S/C17H28N2O2/c1-13(2)21-15-9-10-16(14(3)12-15)19-17(20)8-6-4-5-7-11-18/h9-10,12-13H,4-8,11,18H2,1-3H3,(H,19,20). The maximum Gasteiger partial charge on any atom is 0.224 e. The van der Waals surface area contributed by atoms with E-state index in [2.05, 4.69) is 5.32 Å². The molecule has 1 amide bonds. The van der Waals surface area contributed by atoms with E-state index in [-0.39, 0.29) is 12.0 Å². The number of ether oxygens (including phenoxy) is 1. The van der Waals surface area contributed by atoms with Crippen LogP contribution >= 0.6 is 0 Å². The smallest absolute Gasteiger partial charge is 0.224 e. The molecular weight excluding hydrogens is 264 g/mol. The lowest BCUT2D eigenvalue weighted by Gasteiger charge is -2.13. The Morgan fingerprint density at radius 3 is 2.57 bits per heavy atom. The van der Waals surface area contributed by atoms with E-state index in [1.165, 1.54) is 0 Å². The molecule has 0 aromatic heterocycles. The molecule has 0 aliphatic carbocycles. The van der Waals surface area contributed by atoms with Gasteiger partial charge in [-0.2, -0.15) is 0 Å². The molecule has 4 nitrogen and oxygen atoms in total. The van der Waals surface area contributed by atoms with Gasteiger partial charge in [0.05, 0.1) is 6.10 Å². The highest BCUT2D eigenvalue weighted by Gasteiger charge is 2.06. The quantitative estimate of drug-likeness (QED) is 0.683. The first-order valence-electron chi connectivity index (χ1n) is 7.80. The van der Waals surface area contributed by atoms with Crippen LogP contribution in [0.25, 0.3) is 0 Å². The molecule has 1 aromatic rings. The molecule has 0 saturated carbocycles. The van der Waals surface area contributed by atoms with Gasteiger partial charge in [-0.15, -0.1) is 0 Å². The maximum atomic E-state index is 11.9. The summed E-state index contributed by atoms with van der Waals surface area (Å²) in [4.78, 5) is 11.9. The lowest BCUT2D eigenvalue weighted by molar-refractivity contribution is -0.116. The topological polar surface area (TPSA) is 64.3 Å². The van der Waals surface area contributed by atoms with E-state index >= 15 is 0 Å². The van der Waals surface area contributed by atoms with Crippen molar-refractivity contribution in [1.29, 1.82) is 0 Å². The van der Waals surface area contributed by atoms with Gasteiger partial charge in [0.25, 0.3) is 0 Å². The van der Waals surface area contributed by atoms with Crippen molar-refractivity contribution in [2.75, 3.05) is 11.9 Å². The van der Waals surface area contributed by atoms with Crippen molar-refractivity contribution >= 4 is 11.6 Å². The van der Waals surface area contributed by atoms with Gasteiger partial charge in [-0.3, -0.25) is 4.79 Å². The Morgan fingerprint density at radius 2 is 1.95 bits per heavy atom. The molecule has 0 radical (unpaired) electrons. The van der Waals surface area contributed by atoms with Crippen molar-refractivity contribution in [2.24, 2.45) is 5.73 Å². The van der Waals surface area contributed by atoms with Crippen LogP contribution in [-0.2, 0) is 4.79 Å². The highest BCUT2D eigenvalue weighted by molar-refractivity contribution is 5.91. The third-order valence-electron chi connectivity index (χ3n) is 3.20. The van der Waals surface area contributed by atoms with E-state index < -0.39 is 0 Å². The van der Waals surface area contributed by atoms with Crippen molar-refractivity contribution < 1.29 is 9.53 Å². The van der Waals surface area contributed by atoms with Crippen molar-refractivity contribution in [3.63, 3.8) is 0 Å². The summed E-state index contributed by atoms with van der Waals surface area (Å²) in [6, 6.07) is 5.75. The van der Waals surface area contributed by atoms with Gasteiger partial charge in [-0.1, -0.05) is 12.8 Å². The minimum absolute atomic E-state index is 0.0726. The lowest BCUT2D eigenvalue weighted by atomic mass is 10.1. The molecule has 0 spiro atoms. The molecule has 0 heterocycles. The number of carbonyl (C=O) groups is 1. The zero-order valence-electron chi connectivity index (χ0n) is 13.4. The fourth-order valence-corrected chi connectivity index (χ4v) is 2.12. The van der Waals surface area contributed by atoms with E-state index in [0.29, 0.717) is 6.42 Å². The highest BCUT2D eigenvalue weighted by Crippen LogP contribution is 2.22. The Labute approximate surface area is 128 Å². The third kappa shape index (κ3) is 7.14. The van der Waals surface area contributed by atoms with Crippen LogP contribution in [0.3, 0.4) is 0 Å². The Bertz CT molecular complexity index is 444.